The van der Waals surface area contributed by atoms with E-state index in [9.17, 15) is 4.79 Å². The molecule has 0 saturated heterocycles. The predicted octanol–water partition coefficient (Wildman–Crippen LogP) is 4.63. The maximum Gasteiger partial charge on any atom is 0.266 e. The molecule has 0 saturated carbocycles. The summed E-state index contributed by atoms with van der Waals surface area (Å²) in [5.74, 6) is -0.0250. The van der Waals surface area contributed by atoms with E-state index in [-0.39, 0.29) is 5.91 Å². The lowest BCUT2D eigenvalue weighted by Gasteiger charge is -2.09. The molecule has 2 nitrogen and oxygen atoms in total. The lowest BCUT2D eigenvalue weighted by atomic mass is 10.1. The molecule has 1 aromatic carbocycles. The van der Waals surface area contributed by atoms with E-state index in [1.807, 2.05) is 36.6 Å². The van der Waals surface area contributed by atoms with Crippen LogP contribution in [0.3, 0.4) is 0 Å². The summed E-state index contributed by atoms with van der Waals surface area (Å²) < 4.78 is 1.00. The zero-order valence-corrected chi connectivity index (χ0v) is 12.7. The number of carbonyl (C=O) groups is 1. The van der Waals surface area contributed by atoms with Crippen LogP contribution in [0.25, 0.3) is 0 Å². The van der Waals surface area contributed by atoms with Gasteiger partial charge < -0.3 is 5.32 Å². The average molecular weight is 324 g/mol. The smallest absolute Gasteiger partial charge is 0.266 e. The van der Waals surface area contributed by atoms with Crippen LogP contribution in [0.15, 0.2) is 34.1 Å². The standard InChI is InChI=1S/C14H14BrNOS/c1-3-10-7-8-18-13(10)14(17)16-12-6-4-5-11(15)9(12)2/h4-8H,3H2,1-2H3,(H,16,17). The topological polar surface area (TPSA) is 29.1 Å². The lowest BCUT2D eigenvalue weighted by molar-refractivity contribution is 0.102. The van der Waals surface area contributed by atoms with Gasteiger partial charge in [0.25, 0.3) is 5.91 Å². The van der Waals surface area contributed by atoms with Crippen molar-refractivity contribution in [2.24, 2.45) is 0 Å². The minimum absolute atomic E-state index is 0.0250. The van der Waals surface area contributed by atoms with Gasteiger partial charge in [-0.25, -0.2) is 0 Å². The highest BCUT2D eigenvalue weighted by molar-refractivity contribution is 9.10. The van der Waals surface area contributed by atoms with E-state index in [1.54, 1.807) is 0 Å². The van der Waals surface area contributed by atoms with Crippen molar-refractivity contribution < 1.29 is 4.79 Å². The van der Waals surface area contributed by atoms with Gasteiger partial charge in [0, 0.05) is 10.2 Å². The van der Waals surface area contributed by atoms with Gasteiger partial charge in [-0.05, 0) is 48.1 Å². The van der Waals surface area contributed by atoms with Crippen LogP contribution in [0.4, 0.5) is 5.69 Å². The van der Waals surface area contributed by atoms with Gasteiger partial charge >= 0.3 is 0 Å². The third-order valence-corrected chi connectivity index (χ3v) is 4.66. The van der Waals surface area contributed by atoms with Crippen LogP contribution in [-0.4, -0.2) is 5.91 Å². The molecule has 0 fully saturated rings. The average Bonchev–Trinajstić information content (AvgIpc) is 2.83. The van der Waals surface area contributed by atoms with Crippen LogP contribution in [-0.2, 0) is 6.42 Å². The van der Waals surface area contributed by atoms with Crippen molar-refractivity contribution >= 4 is 38.9 Å². The first-order chi connectivity index (χ1) is 8.63. The fourth-order valence-corrected chi connectivity index (χ4v) is 2.99. The van der Waals surface area contributed by atoms with Crippen LogP contribution < -0.4 is 5.32 Å². The Morgan fingerprint density at radius 1 is 1.39 bits per heavy atom. The fraction of sp³-hybridized carbons (Fsp3) is 0.214. The van der Waals surface area contributed by atoms with Gasteiger partial charge in [-0.2, -0.15) is 0 Å². The Balaban J connectivity index is 2.24. The molecule has 0 spiro atoms. The molecule has 1 aromatic heterocycles. The highest BCUT2D eigenvalue weighted by atomic mass is 79.9. The number of anilines is 1. The number of amides is 1. The van der Waals surface area contributed by atoms with E-state index in [0.717, 1.165) is 32.6 Å². The van der Waals surface area contributed by atoms with Gasteiger partial charge in [0.05, 0.1) is 4.88 Å². The van der Waals surface area contributed by atoms with Crippen molar-refractivity contribution in [2.45, 2.75) is 20.3 Å². The second-order valence-corrected chi connectivity index (χ2v) is 5.77. The Kier molecular flexibility index (Phi) is 4.19. The highest BCUT2D eigenvalue weighted by Gasteiger charge is 2.13. The van der Waals surface area contributed by atoms with Crippen molar-refractivity contribution in [3.63, 3.8) is 0 Å². The summed E-state index contributed by atoms with van der Waals surface area (Å²) in [5, 5.41) is 4.93. The Bertz CT molecular complexity index is 577. The Morgan fingerprint density at radius 3 is 2.89 bits per heavy atom. The zero-order chi connectivity index (χ0) is 13.1. The molecule has 0 unspecified atom stereocenters. The Labute approximate surface area is 119 Å². The van der Waals surface area contributed by atoms with Gasteiger partial charge in [-0.15, -0.1) is 11.3 Å². The van der Waals surface area contributed by atoms with E-state index in [4.69, 9.17) is 0 Å². The molecule has 0 radical (unpaired) electrons. The number of rotatable bonds is 3. The van der Waals surface area contributed by atoms with Crippen molar-refractivity contribution in [2.75, 3.05) is 5.32 Å². The quantitative estimate of drug-likeness (QED) is 0.876. The van der Waals surface area contributed by atoms with Gasteiger partial charge in [0.15, 0.2) is 0 Å². The molecular formula is C14H14BrNOS. The summed E-state index contributed by atoms with van der Waals surface area (Å²) in [6.45, 7) is 4.04. The van der Waals surface area contributed by atoms with E-state index >= 15 is 0 Å². The normalized spacial score (nSPS) is 10.4. The van der Waals surface area contributed by atoms with Crippen molar-refractivity contribution in [3.8, 4) is 0 Å². The van der Waals surface area contributed by atoms with Gasteiger partial charge in [0.1, 0.15) is 0 Å². The molecule has 0 aliphatic heterocycles. The van der Waals surface area contributed by atoms with E-state index in [2.05, 4.69) is 28.2 Å². The number of nitrogens with one attached hydrogen (secondary N) is 1. The molecule has 0 atom stereocenters. The SMILES string of the molecule is CCc1ccsc1C(=O)Nc1cccc(Br)c1C. The summed E-state index contributed by atoms with van der Waals surface area (Å²) in [7, 11) is 0. The van der Waals surface area contributed by atoms with E-state index in [1.165, 1.54) is 11.3 Å². The maximum atomic E-state index is 12.2. The molecule has 0 bridgehead atoms. The van der Waals surface area contributed by atoms with E-state index < -0.39 is 0 Å². The molecule has 94 valence electrons. The number of benzene rings is 1. The molecule has 18 heavy (non-hydrogen) atoms. The molecule has 0 aliphatic carbocycles. The first-order valence-electron chi connectivity index (χ1n) is 5.76. The fourth-order valence-electron chi connectivity index (χ4n) is 1.74. The third-order valence-electron chi connectivity index (χ3n) is 2.85. The third kappa shape index (κ3) is 2.65. The predicted molar refractivity (Wildman–Crippen MR) is 80.5 cm³/mol. The maximum absolute atomic E-state index is 12.2. The highest BCUT2D eigenvalue weighted by Crippen LogP contribution is 2.25. The molecule has 1 N–H and O–H groups in total. The Morgan fingerprint density at radius 2 is 2.17 bits per heavy atom. The van der Waals surface area contributed by atoms with Gasteiger partial charge in [-0.1, -0.05) is 28.9 Å². The second kappa shape index (κ2) is 5.67. The number of thiophene rings is 1. The zero-order valence-electron chi connectivity index (χ0n) is 10.3. The summed E-state index contributed by atoms with van der Waals surface area (Å²) in [6.07, 6.45) is 0.879. The van der Waals surface area contributed by atoms with Crippen LogP contribution in [0, 0.1) is 6.92 Å². The minimum Gasteiger partial charge on any atom is -0.321 e. The van der Waals surface area contributed by atoms with Crippen LogP contribution >= 0.6 is 27.3 Å². The van der Waals surface area contributed by atoms with Crippen LogP contribution in [0.1, 0.15) is 27.7 Å². The van der Waals surface area contributed by atoms with Crippen molar-refractivity contribution in [1.29, 1.82) is 0 Å². The van der Waals surface area contributed by atoms with E-state index in [0.29, 0.717) is 0 Å². The number of aryl methyl sites for hydroxylation is 1. The van der Waals surface area contributed by atoms with Crippen LogP contribution in [0.2, 0.25) is 0 Å². The van der Waals surface area contributed by atoms with Crippen LogP contribution in [0.5, 0.6) is 0 Å². The number of hydrogen-bond donors (Lipinski definition) is 1. The van der Waals surface area contributed by atoms with Gasteiger partial charge in [0.2, 0.25) is 0 Å². The summed E-state index contributed by atoms with van der Waals surface area (Å²) in [4.78, 5) is 13.0. The molecule has 4 heteroatoms. The molecule has 1 heterocycles. The second-order valence-electron chi connectivity index (χ2n) is 4.00. The largest absolute Gasteiger partial charge is 0.321 e. The lowest BCUT2D eigenvalue weighted by Crippen LogP contribution is -2.12. The number of carbonyl (C=O) groups excluding carboxylic acids is 1. The summed E-state index contributed by atoms with van der Waals surface area (Å²) >= 11 is 4.95. The van der Waals surface area contributed by atoms with Crippen molar-refractivity contribution in [1.82, 2.24) is 0 Å². The van der Waals surface area contributed by atoms with Crippen molar-refractivity contribution in [3.05, 3.63) is 50.1 Å². The Hall–Kier alpha value is -1.13. The minimum atomic E-state index is -0.0250. The van der Waals surface area contributed by atoms with Gasteiger partial charge in [-0.3, -0.25) is 4.79 Å². The first kappa shape index (κ1) is 13.3. The monoisotopic (exact) mass is 323 g/mol. The first-order valence-corrected chi connectivity index (χ1v) is 7.43. The number of halogens is 1. The number of hydrogen-bond acceptors (Lipinski definition) is 2. The molecule has 0 aliphatic rings. The molecule has 1 amide bonds. The molecular weight excluding hydrogens is 310 g/mol. The summed E-state index contributed by atoms with van der Waals surface area (Å²) in [5.41, 5.74) is 3.00. The molecule has 2 aromatic rings. The summed E-state index contributed by atoms with van der Waals surface area (Å²) in [6, 6.07) is 7.81. The molecule has 2 rings (SSSR count).